The van der Waals surface area contributed by atoms with Crippen LogP contribution in [0.4, 0.5) is 5.82 Å². The van der Waals surface area contributed by atoms with Crippen LogP contribution >= 0.6 is 0 Å². The van der Waals surface area contributed by atoms with Crippen molar-refractivity contribution in [2.45, 2.75) is 11.4 Å². The quantitative estimate of drug-likeness (QED) is 0.669. The maximum absolute atomic E-state index is 11.4. The minimum Gasteiger partial charge on any atom is -0.481 e. The van der Waals surface area contributed by atoms with Crippen molar-refractivity contribution in [1.29, 1.82) is 0 Å². The number of carboxylic acids is 1. The second-order valence-corrected chi connectivity index (χ2v) is 6.34. The van der Waals surface area contributed by atoms with Gasteiger partial charge in [-0.1, -0.05) is 30.3 Å². The third kappa shape index (κ3) is 4.73. The highest BCUT2D eigenvalue weighted by molar-refractivity contribution is 7.89. The molecule has 1 aromatic carbocycles. The van der Waals surface area contributed by atoms with Crippen LogP contribution in [0.25, 0.3) is 0 Å². The van der Waals surface area contributed by atoms with Gasteiger partial charge in [0.05, 0.1) is 5.92 Å². The van der Waals surface area contributed by atoms with Gasteiger partial charge in [-0.2, -0.15) is 0 Å². The summed E-state index contributed by atoms with van der Waals surface area (Å²) in [5, 5.41) is 16.7. The summed E-state index contributed by atoms with van der Waals surface area (Å²) in [4.78, 5) is 18.9. The minimum atomic E-state index is -4.04. The van der Waals surface area contributed by atoms with Crippen molar-refractivity contribution < 1.29 is 18.3 Å². The molecule has 0 aliphatic heterocycles. The molecule has 0 saturated carbocycles. The summed E-state index contributed by atoms with van der Waals surface area (Å²) in [5.41, 5.74) is 0.868. The predicted molar refractivity (Wildman–Crippen MR) is 83.2 cm³/mol. The zero-order chi connectivity index (χ0) is 16.9. The molecule has 0 amide bonds. The summed E-state index contributed by atoms with van der Waals surface area (Å²) in [6.45, 7) is -0.00849. The minimum absolute atomic E-state index is 0.00849. The van der Waals surface area contributed by atoms with Crippen molar-refractivity contribution in [2.24, 2.45) is 11.1 Å². The number of benzene rings is 1. The molecule has 0 saturated heterocycles. The fourth-order valence-corrected chi connectivity index (χ4v) is 2.62. The summed E-state index contributed by atoms with van der Waals surface area (Å²) in [6, 6.07) is 9.14. The van der Waals surface area contributed by atoms with Crippen LogP contribution in [-0.2, 0) is 21.2 Å². The first-order chi connectivity index (χ1) is 10.9. The summed E-state index contributed by atoms with van der Waals surface area (Å²) in [7, 11) is -4.04. The van der Waals surface area contributed by atoms with Crippen LogP contribution in [0.3, 0.4) is 0 Å². The van der Waals surface area contributed by atoms with E-state index in [9.17, 15) is 18.3 Å². The Balaban J connectivity index is 2.13. The summed E-state index contributed by atoms with van der Waals surface area (Å²) < 4.78 is 22.9. The average Bonchev–Trinajstić information content (AvgIpc) is 2.51. The van der Waals surface area contributed by atoms with Crippen molar-refractivity contribution in [3.63, 3.8) is 0 Å². The lowest BCUT2D eigenvalue weighted by atomic mass is 9.99. The van der Waals surface area contributed by atoms with Gasteiger partial charge in [-0.25, -0.2) is 23.5 Å². The van der Waals surface area contributed by atoms with Crippen molar-refractivity contribution in [2.75, 3.05) is 11.9 Å². The number of rotatable bonds is 7. The second kappa shape index (κ2) is 7.16. The molecule has 1 heterocycles. The number of nitrogens with two attached hydrogens (primary N) is 1. The number of hydrogen-bond acceptors (Lipinski definition) is 6. The Hall–Kier alpha value is -2.52. The number of primary sulfonamides is 1. The van der Waals surface area contributed by atoms with E-state index in [0.29, 0.717) is 6.42 Å². The molecule has 0 spiro atoms. The van der Waals surface area contributed by atoms with Gasteiger partial charge in [-0.15, -0.1) is 0 Å². The summed E-state index contributed by atoms with van der Waals surface area (Å²) in [5.74, 6) is -1.82. The number of aliphatic carboxylic acids is 1. The smallest absolute Gasteiger partial charge is 0.308 e. The molecule has 23 heavy (non-hydrogen) atoms. The molecular formula is C14H16N4O4S. The summed E-state index contributed by atoms with van der Waals surface area (Å²) in [6.07, 6.45) is 2.79. The normalized spacial score (nSPS) is 12.6. The molecule has 2 rings (SSSR count). The van der Waals surface area contributed by atoms with Gasteiger partial charge in [-0.3, -0.25) is 4.79 Å². The topological polar surface area (TPSA) is 135 Å². The van der Waals surface area contributed by atoms with Gasteiger partial charge in [0, 0.05) is 18.9 Å². The third-order valence-corrected chi connectivity index (χ3v) is 3.96. The Labute approximate surface area is 133 Å². The molecule has 122 valence electrons. The van der Waals surface area contributed by atoms with Crippen LogP contribution in [-0.4, -0.2) is 36.0 Å². The van der Waals surface area contributed by atoms with Gasteiger partial charge in [0.2, 0.25) is 5.03 Å². The molecule has 0 aliphatic carbocycles. The number of sulfonamides is 1. The molecule has 0 fully saturated rings. The first kappa shape index (κ1) is 16.8. The molecule has 1 unspecified atom stereocenters. The van der Waals surface area contributed by atoms with E-state index in [4.69, 9.17) is 5.14 Å². The zero-order valence-corrected chi connectivity index (χ0v) is 12.9. The van der Waals surface area contributed by atoms with E-state index >= 15 is 0 Å². The number of hydrogen-bond donors (Lipinski definition) is 3. The van der Waals surface area contributed by atoms with Gasteiger partial charge in [0.15, 0.2) is 5.82 Å². The Morgan fingerprint density at radius 2 is 1.87 bits per heavy atom. The SMILES string of the molecule is NS(=O)(=O)c1nccnc1NCC(Cc1ccccc1)C(=O)O. The van der Waals surface area contributed by atoms with Crippen LogP contribution in [0.2, 0.25) is 0 Å². The fourth-order valence-electron chi connectivity index (χ4n) is 2.02. The van der Waals surface area contributed by atoms with Gasteiger partial charge >= 0.3 is 5.97 Å². The van der Waals surface area contributed by atoms with Gasteiger partial charge in [0.1, 0.15) is 0 Å². The second-order valence-electron chi connectivity index (χ2n) is 4.86. The first-order valence-electron chi connectivity index (χ1n) is 6.72. The van der Waals surface area contributed by atoms with Crippen LogP contribution in [0.5, 0.6) is 0 Å². The number of nitrogens with zero attached hydrogens (tertiary/aromatic N) is 2. The molecule has 1 atom stereocenters. The molecule has 8 nitrogen and oxygen atoms in total. The molecule has 2 aromatic rings. The number of carbonyl (C=O) groups is 1. The lowest BCUT2D eigenvalue weighted by Crippen LogP contribution is -2.26. The van der Waals surface area contributed by atoms with E-state index in [1.807, 2.05) is 30.3 Å². The maximum atomic E-state index is 11.4. The van der Waals surface area contributed by atoms with Crippen molar-refractivity contribution in [3.8, 4) is 0 Å². The van der Waals surface area contributed by atoms with Crippen LogP contribution in [0.15, 0.2) is 47.8 Å². The molecule has 0 bridgehead atoms. The first-order valence-corrected chi connectivity index (χ1v) is 8.27. The third-order valence-electron chi connectivity index (χ3n) is 3.12. The van der Waals surface area contributed by atoms with Crippen molar-refractivity contribution in [1.82, 2.24) is 9.97 Å². The number of aromatic nitrogens is 2. The lowest BCUT2D eigenvalue weighted by molar-refractivity contribution is -0.141. The Morgan fingerprint density at radius 3 is 2.48 bits per heavy atom. The van der Waals surface area contributed by atoms with E-state index < -0.39 is 26.9 Å². The molecular weight excluding hydrogens is 320 g/mol. The highest BCUT2D eigenvalue weighted by Crippen LogP contribution is 2.15. The van der Waals surface area contributed by atoms with E-state index in [1.54, 1.807) is 0 Å². The predicted octanol–water partition coefficient (Wildman–Crippen LogP) is 0.479. The van der Waals surface area contributed by atoms with Crippen LogP contribution in [0.1, 0.15) is 5.56 Å². The molecule has 4 N–H and O–H groups in total. The molecule has 1 aromatic heterocycles. The Morgan fingerprint density at radius 1 is 1.22 bits per heavy atom. The fraction of sp³-hybridized carbons (Fsp3) is 0.214. The Bertz CT molecular complexity index is 780. The monoisotopic (exact) mass is 336 g/mol. The van der Waals surface area contributed by atoms with Crippen molar-refractivity contribution >= 4 is 21.8 Å². The standard InChI is InChI=1S/C14H16N4O4S/c15-23(21,22)13-12(16-6-7-17-13)18-9-11(14(19)20)8-10-4-2-1-3-5-10/h1-7,11H,8-9H2,(H,16,18)(H,19,20)(H2,15,21,22). The van der Waals surface area contributed by atoms with E-state index in [2.05, 4.69) is 15.3 Å². The van der Waals surface area contributed by atoms with E-state index in [-0.39, 0.29) is 12.4 Å². The maximum Gasteiger partial charge on any atom is 0.308 e. The van der Waals surface area contributed by atoms with E-state index in [0.717, 1.165) is 5.56 Å². The van der Waals surface area contributed by atoms with Crippen LogP contribution in [0, 0.1) is 5.92 Å². The van der Waals surface area contributed by atoms with Gasteiger partial charge in [0.25, 0.3) is 10.0 Å². The number of anilines is 1. The van der Waals surface area contributed by atoms with E-state index in [1.165, 1.54) is 12.4 Å². The molecule has 0 radical (unpaired) electrons. The summed E-state index contributed by atoms with van der Waals surface area (Å²) >= 11 is 0. The van der Waals surface area contributed by atoms with Crippen LogP contribution < -0.4 is 10.5 Å². The lowest BCUT2D eigenvalue weighted by Gasteiger charge is -2.14. The Kier molecular flexibility index (Phi) is 5.24. The largest absolute Gasteiger partial charge is 0.481 e. The highest BCUT2D eigenvalue weighted by atomic mass is 32.2. The van der Waals surface area contributed by atoms with Gasteiger partial charge in [-0.05, 0) is 12.0 Å². The molecule has 9 heteroatoms. The molecule has 0 aliphatic rings. The number of nitrogens with one attached hydrogen (secondary N) is 1. The average molecular weight is 336 g/mol. The highest BCUT2D eigenvalue weighted by Gasteiger charge is 2.21. The van der Waals surface area contributed by atoms with Crippen molar-refractivity contribution in [3.05, 3.63) is 48.3 Å². The zero-order valence-electron chi connectivity index (χ0n) is 12.1. The van der Waals surface area contributed by atoms with Gasteiger partial charge < -0.3 is 10.4 Å². The number of carboxylic acid groups (broad SMARTS) is 1.